The van der Waals surface area contributed by atoms with E-state index in [1.165, 1.54) is 18.6 Å². The van der Waals surface area contributed by atoms with E-state index in [1.807, 2.05) is 42.5 Å². The van der Waals surface area contributed by atoms with E-state index in [4.69, 9.17) is 4.98 Å². The Kier molecular flexibility index (Phi) is 5.25. The number of para-hydroxylation sites is 1. The number of carbonyl (C=O) groups is 2. The van der Waals surface area contributed by atoms with Crippen LogP contribution < -0.4 is 0 Å². The molecule has 3 aromatic heterocycles. The summed E-state index contributed by atoms with van der Waals surface area (Å²) in [6, 6.07) is 13.2. The molecule has 0 N–H and O–H groups in total. The Labute approximate surface area is 184 Å². The maximum atomic E-state index is 13.5. The molecule has 5 rings (SSSR count). The van der Waals surface area contributed by atoms with Crippen molar-refractivity contribution in [3.63, 3.8) is 0 Å². The lowest BCUT2D eigenvalue weighted by molar-refractivity contribution is 0.0533. The fourth-order valence-electron chi connectivity index (χ4n) is 3.88. The third-order valence-corrected chi connectivity index (χ3v) is 5.56. The summed E-state index contributed by atoms with van der Waals surface area (Å²) in [6.07, 6.45) is 7.92. The highest BCUT2D eigenvalue weighted by Gasteiger charge is 2.27. The first-order valence-electron chi connectivity index (χ1n) is 10.4. The van der Waals surface area contributed by atoms with Crippen molar-refractivity contribution in [1.29, 1.82) is 0 Å². The topological polar surface area (TPSA) is 92.2 Å². The minimum atomic E-state index is -0.167. The molecule has 0 spiro atoms. The van der Waals surface area contributed by atoms with E-state index in [2.05, 4.69) is 15.0 Å². The molecular weight excluding hydrogens is 404 g/mol. The molecule has 1 aromatic carbocycles. The maximum absolute atomic E-state index is 13.5. The number of amides is 2. The monoisotopic (exact) mass is 424 g/mol. The summed E-state index contributed by atoms with van der Waals surface area (Å²) in [5.74, 6) is -0.231. The molecule has 8 heteroatoms. The molecule has 0 saturated carbocycles. The zero-order chi connectivity index (χ0) is 21.9. The summed E-state index contributed by atoms with van der Waals surface area (Å²) in [7, 11) is 0. The number of pyridine rings is 2. The van der Waals surface area contributed by atoms with E-state index in [9.17, 15) is 9.59 Å². The Morgan fingerprint density at radius 3 is 2.22 bits per heavy atom. The van der Waals surface area contributed by atoms with Crippen LogP contribution in [0.5, 0.6) is 0 Å². The number of fused-ring (bicyclic) bond motifs is 1. The molecule has 0 atom stereocenters. The van der Waals surface area contributed by atoms with Crippen molar-refractivity contribution in [3.8, 4) is 11.3 Å². The standard InChI is InChI=1S/C24H20N6O2/c31-23(29-11-13-30(14-12-29)24(32)22-16-26-9-10-27-22)19-15-21(17-5-7-25-8-6-17)28-20-4-2-1-3-18(19)20/h1-10,15-16H,11-14H2. The Hall–Kier alpha value is -4.20. The van der Waals surface area contributed by atoms with Gasteiger partial charge in [0.05, 0.1) is 23.0 Å². The lowest BCUT2D eigenvalue weighted by Crippen LogP contribution is -2.50. The van der Waals surface area contributed by atoms with E-state index in [1.54, 1.807) is 22.2 Å². The number of carbonyl (C=O) groups excluding carboxylic acids is 2. The van der Waals surface area contributed by atoms with Gasteiger partial charge >= 0.3 is 0 Å². The molecule has 0 bridgehead atoms. The van der Waals surface area contributed by atoms with Crippen LogP contribution in [0.15, 0.2) is 73.4 Å². The molecule has 4 heterocycles. The third kappa shape index (κ3) is 3.78. The first-order chi connectivity index (χ1) is 15.7. The van der Waals surface area contributed by atoms with Gasteiger partial charge in [0, 0.05) is 61.9 Å². The normalized spacial score (nSPS) is 13.9. The van der Waals surface area contributed by atoms with E-state index in [-0.39, 0.29) is 11.8 Å². The lowest BCUT2D eigenvalue weighted by atomic mass is 10.0. The second-order valence-corrected chi connectivity index (χ2v) is 7.48. The number of hydrogen-bond acceptors (Lipinski definition) is 6. The molecule has 1 fully saturated rings. The van der Waals surface area contributed by atoms with E-state index in [0.717, 1.165) is 22.2 Å². The van der Waals surface area contributed by atoms with Crippen LogP contribution in [0.3, 0.4) is 0 Å². The van der Waals surface area contributed by atoms with Crippen molar-refractivity contribution in [2.24, 2.45) is 0 Å². The Morgan fingerprint density at radius 1 is 0.781 bits per heavy atom. The second-order valence-electron chi connectivity index (χ2n) is 7.48. The van der Waals surface area contributed by atoms with Crippen LogP contribution in [0.25, 0.3) is 22.2 Å². The highest BCUT2D eigenvalue weighted by Crippen LogP contribution is 2.26. The van der Waals surface area contributed by atoms with Gasteiger partial charge in [0.15, 0.2) is 0 Å². The molecule has 1 aliphatic heterocycles. The fraction of sp³-hybridized carbons (Fsp3) is 0.167. The molecule has 0 radical (unpaired) electrons. The van der Waals surface area contributed by atoms with Crippen molar-refractivity contribution >= 4 is 22.7 Å². The van der Waals surface area contributed by atoms with Gasteiger partial charge < -0.3 is 9.80 Å². The average Bonchev–Trinajstić information content (AvgIpc) is 2.88. The molecule has 32 heavy (non-hydrogen) atoms. The fourth-order valence-corrected chi connectivity index (χ4v) is 3.88. The first kappa shape index (κ1) is 19.7. The van der Waals surface area contributed by atoms with Gasteiger partial charge in [-0.2, -0.15) is 0 Å². The van der Waals surface area contributed by atoms with Gasteiger partial charge in [-0.1, -0.05) is 18.2 Å². The number of piperazine rings is 1. The highest BCUT2D eigenvalue weighted by molar-refractivity contribution is 6.07. The number of hydrogen-bond donors (Lipinski definition) is 0. The van der Waals surface area contributed by atoms with Crippen molar-refractivity contribution in [1.82, 2.24) is 29.7 Å². The van der Waals surface area contributed by atoms with Gasteiger partial charge in [0.1, 0.15) is 5.69 Å². The van der Waals surface area contributed by atoms with E-state index >= 15 is 0 Å². The van der Waals surface area contributed by atoms with Crippen LogP contribution in [-0.4, -0.2) is 67.7 Å². The van der Waals surface area contributed by atoms with Crippen LogP contribution in [0.4, 0.5) is 0 Å². The van der Waals surface area contributed by atoms with Gasteiger partial charge in [0.25, 0.3) is 11.8 Å². The smallest absolute Gasteiger partial charge is 0.274 e. The Bertz CT molecular complexity index is 1270. The minimum Gasteiger partial charge on any atom is -0.335 e. The largest absolute Gasteiger partial charge is 0.335 e. The van der Waals surface area contributed by atoms with Crippen LogP contribution >= 0.6 is 0 Å². The van der Waals surface area contributed by atoms with Gasteiger partial charge in [0.2, 0.25) is 0 Å². The summed E-state index contributed by atoms with van der Waals surface area (Å²) in [6.45, 7) is 1.79. The molecule has 1 aliphatic rings. The van der Waals surface area contributed by atoms with Gasteiger partial charge in [-0.3, -0.25) is 19.6 Å². The predicted octanol–water partition coefficient (Wildman–Crippen LogP) is 2.69. The Morgan fingerprint density at radius 2 is 1.50 bits per heavy atom. The summed E-state index contributed by atoms with van der Waals surface area (Å²) in [5.41, 5.74) is 3.32. The molecular formula is C24H20N6O2. The molecule has 2 amide bonds. The van der Waals surface area contributed by atoms with Crippen LogP contribution in [0.1, 0.15) is 20.8 Å². The maximum Gasteiger partial charge on any atom is 0.274 e. The third-order valence-electron chi connectivity index (χ3n) is 5.56. The number of aromatic nitrogens is 4. The van der Waals surface area contributed by atoms with Gasteiger partial charge in [-0.05, 0) is 24.3 Å². The predicted molar refractivity (Wildman–Crippen MR) is 119 cm³/mol. The second kappa shape index (κ2) is 8.50. The van der Waals surface area contributed by atoms with Crippen LogP contribution in [0, 0.1) is 0 Å². The number of rotatable bonds is 3. The van der Waals surface area contributed by atoms with Crippen molar-refractivity contribution in [3.05, 3.63) is 84.7 Å². The van der Waals surface area contributed by atoms with Crippen molar-refractivity contribution in [2.45, 2.75) is 0 Å². The Balaban J connectivity index is 1.40. The molecule has 4 aromatic rings. The van der Waals surface area contributed by atoms with Crippen molar-refractivity contribution < 1.29 is 9.59 Å². The first-order valence-corrected chi connectivity index (χ1v) is 10.4. The summed E-state index contributed by atoms with van der Waals surface area (Å²) in [4.78, 5) is 46.5. The van der Waals surface area contributed by atoms with E-state index in [0.29, 0.717) is 37.4 Å². The SMILES string of the molecule is O=C(c1cnccn1)N1CCN(C(=O)c2cc(-c3ccncc3)nc3ccccc23)CC1. The summed E-state index contributed by atoms with van der Waals surface area (Å²) < 4.78 is 0. The molecule has 158 valence electrons. The van der Waals surface area contributed by atoms with Crippen molar-refractivity contribution in [2.75, 3.05) is 26.2 Å². The van der Waals surface area contributed by atoms with Gasteiger partial charge in [-0.25, -0.2) is 9.97 Å². The highest BCUT2D eigenvalue weighted by atomic mass is 16.2. The molecule has 1 saturated heterocycles. The minimum absolute atomic E-state index is 0.0643. The van der Waals surface area contributed by atoms with Gasteiger partial charge in [-0.15, -0.1) is 0 Å². The van der Waals surface area contributed by atoms with Crippen LogP contribution in [-0.2, 0) is 0 Å². The lowest BCUT2D eigenvalue weighted by Gasteiger charge is -2.34. The summed E-state index contributed by atoms with van der Waals surface area (Å²) in [5, 5.41) is 0.813. The molecule has 0 unspecified atom stereocenters. The summed E-state index contributed by atoms with van der Waals surface area (Å²) >= 11 is 0. The quantitative estimate of drug-likeness (QED) is 0.502. The zero-order valence-corrected chi connectivity index (χ0v) is 17.3. The zero-order valence-electron chi connectivity index (χ0n) is 17.3. The number of nitrogens with zero attached hydrogens (tertiary/aromatic N) is 6. The number of benzene rings is 1. The molecule has 0 aliphatic carbocycles. The average molecular weight is 424 g/mol. The molecule has 8 nitrogen and oxygen atoms in total. The van der Waals surface area contributed by atoms with Crippen LogP contribution in [0.2, 0.25) is 0 Å². The van der Waals surface area contributed by atoms with E-state index < -0.39 is 0 Å².